The Bertz CT molecular complexity index is 438. The fourth-order valence-electron chi connectivity index (χ4n) is 2.24. The highest BCUT2D eigenvalue weighted by molar-refractivity contribution is 6.10. The molecule has 0 atom stereocenters. The van der Waals surface area contributed by atoms with E-state index in [-0.39, 0.29) is 11.6 Å². The summed E-state index contributed by atoms with van der Waals surface area (Å²) in [7, 11) is 0. The van der Waals surface area contributed by atoms with E-state index in [0.717, 1.165) is 18.4 Å². The van der Waals surface area contributed by atoms with E-state index < -0.39 is 5.41 Å². The van der Waals surface area contributed by atoms with Gasteiger partial charge in [0.1, 0.15) is 5.78 Å². The van der Waals surface area contributed by atoms with Gasteiger partial charge < -0.3 is 0 Å². The number of hydrogen-bond acceptors (Lipinski definition) is 2. The summed E-state index contributed by atoms with van der Waals surface area (Å²) in [6.07, 6.45) is 2.38. The highest BCUT2D eigenvalue weighted by Gasteiger charge is 2.53. The lowest BCUT2D eigenvalue weighted by molar-refractivity contribution is -0.134. The molecule has 1 saturated carbocycles. The summed E-state index contributed by atoms with van der Waals surface area (Å²) in [4.78, 5) is 23.9. The van der Waals surface area contributed by atoms with Crippen LogP contribution in [0.15, 0.2) is 24.3 Å². The molecule has 1 aromatic rings. The highest BCUT2D eigenvalue weighted by atomic mass is 16.2. The number of aryl methyl sites for hydroxylation is 1. The van der Waals surface area contributed by atoms with Crippen molar-refractivity contribution in [2.24, 2.45) is 5.41 Å². The molecule has 90 valence electrons. The number of carbonyl (C=O) groups excluding carboxylic acids is 2. The predicted molar refractivity (Wildman–Crippen MR) is 66.9 cm³/mol. The molecular weight excluding hydrogens is 212 g/mol. The Hall–Kier alpha value is -1.44. The van der Waals surface area contributed by atoms with Crippen LogP contribution in [-0.2, 0) is 16.0 Å². The average molecular weight is 230 g/mol. The minimum absolute atomic E-state index is 0.105. The number of hydrogen-bond donors (Lipinski definition) is 0. The molecule has 1 aliphatic carbocycles. The molecule has 2 rings (SSSR count). The van der Waals surface area contributed by atoms with E-state index in [2.05, 4.69) is 0 Å². The van der Waals surface area contributed by atoms with Crippen LogP contribution in [0.1, 0.15) is 37.3 Å². The van der Waals surface area contributed by atoms with Crippen molar-refractivity contribution in [1.82, 2.24) is 0 Å². The van der Waals surface area contributed by atoms with Crippen molar-refractivity contribution < 1.29 is 9.59 Å². The quantitative estimate of drug-likeness (QED) is 0.729. The molecule has 2 heteroatoms. The Morgan fingerprint density at radius 3 is 2.18 bits per heavy atom. The molecule has 0 amide bonds. The summed E-state index contributed by atoms with van der Waals surface area (Å²) in [5.74, 6) is 0.225. The fourth-order valence-corrected chi connectivity index (χ4v) is 2.24. The van der Waals surface area contributed by atoms with E-state index in [0.29, 0.717) is 12.8 Å². The molecule has 1 aromatic carbocycles. The number of benzene rings is 1. The maximum atomic E-state index is 12.2. The summed E-state index contributed by atoms with van der Waals surface area (Å²) in [5.41, 5.74) is 1.59. The molecular formula is C15H18O2. The Morgan fingerprint density at radius 1 is 1.12 bits per heavy atom. The lowest BCUT2D eigenvalue weighted by Crippen LogP contribution is -2.26. The topological polar surface area (TPSA) is 34.1 Å². The SMILES string of the molecule is CCC(=O)C1(C(=O)Cc2ccc(C)cc2)CC1. The van der Waals surface area contributed by atoms with Crippen LogP contribution in [0.2, 0.25) is 0 Å². The van der Waals surface area contributed by atoms with Crippen LogP contribution < -0.4 is 0 Å². The lowest BCUT2D eigenvalue weighted by atomic mass is 9.89. The van der Waals surface area contributed by atoms with Crippen molar-refractivity contribution in [2.75, 3.05) is 0 Å². The van der Waals surface area contributed by atoms with Gasteiger partial charge in [-0.2, -0.15) is 0 Å². The number of rotatable bonds is 5. The normalized spacial score (nSPS) is 16.6. The van der Waals surface area contributed by atoms with Crippen molar-refractivity contribution >= 4 is 11.6 Å². The Kier molecular flexibility index (Phi) is 3.14. The van der Waals surface area contributed by atoms with Gasteiger partial charge in [-0.15, -0.1) is 0 Å². The van der Waals surface area contributed by atoms with Crippen LogP contribution >= 0.6 is 0 Å². The van der Waals surface area contributed by atoms with E-state index in [1.165, 1.54) is 5.56 Å². The summed E-state index contributed by atoms with van der Waals surface area (Å²) in [6, 6.07) is 7.95. The van der Waals surface area contributed by atoms with E-state index >= 15 is 0 Å². The van der Waals surface area contributed by atoms with Crippen LogP contribution in [0.5, 0.6) is 0 Å². The molecule has 0 radical (unpaired) electrons. The maximum Gasteiger partial charge on any atom is 0.150 e. The molecule has 2 nitrogen and oxygen atoms in total. The Labute approximate surface area is 102 Å². The molecule has 17 heavy (non-hydrogen) atoms. The number of carbonyl (C=O) groups is 2. The first-order valence-corrected chi connectivity index (χ1v) is 6.20. The number of Topliss-reactive ketones (excluding diaryl/α,β-unsaturated/α-hetero) is 2. The molecule has 0 aliphatic heterocycles. The third kappa shape index (κ3) is 2.31. The molecule has 0 unspecified atom stereocenters. The first kappa shape index (κ1) is 12.0. The molecule has 0 heterocycles. The Balaban J connectivity index is 2.07. The third-order valence-electron chi connectivity index (χ3n) is 3.62. The van der Waals surface area contributed by atoms with E-state index in [9.17, 15) is 9.59 Å². The second kappa shape index (κ2) is 4.44. The average Bonchev–Trinajstić information content (AvgIpc) is 3.12. The first-order chi connectivity index (χ1) is 8.08. The van der Waals surface area contributed by atoms with Crippen molar-refractivity contribution in [3.05, 3.63) is 35.4 Å². The first-order valence-electron chi connectivity index (χ1n) is 6.20. The van der Waals surface area contributed by atoms with Gasteiger partial charge >= 0.3 is 0 Å². The summed E-state index contributed by atoms with van der Waals surface area (Å²) in [6.45, 7) is 3.86. The van der Waals surface area contributed by atoms with E-state index in [1.807, 2.05) is 38.1 Å². The van der Waals surface area contributed by atoms with Gasteiger partial charge in [0, 0.05) is 12.8 Å². The molecule has 0 bridgehead atoms. The van der Waals surface area contributed by atoms with Crippen LogP contribution in [0.4, 0.5) is 0 Å². The summed E-state index contributed by atoms with van der Waals surface area (Å²) in [5, 5.41) is 0. The van der Waals surface area contributed by atoms with Crippen LogP contribution in [0.3, 0.4) is 0 Å². The van der Waals surface area contributed by atoms with Gasteiger partial charge in [-0.05, 0) is 25.3 Å². The van der Waals surface area contributed by atoms with E-state index in [4.69, 9.17) is 0 Å². The van der Waals surface area contributed by atoms with Crippen molar-refractivity contribution in [2.45, 2.75) is 39.5 Å². The Morgan fingerprint density at radius 2 is 1.71 bits per heavy atom. The highest BCUT2D eigenvalue weighted by Crippen LogP contribution is 2.48. The van der Waals surface area contributed by atoms with Gasteiger partial charge in [-0.25, -0.2) is 0 Å². The molecule has 1 fully saturated rings. The molecule has 0 aromatic heterocycles. The lowest BCUT2D eigenvalue weighted by Gasteiger charge is -2.11. The standard InChI is InChI=1S/C15H18O2/c1-3-13(16)15(8-9-15)14(17)10-12-6-4-11(2)5-7-12/h4-7H,3,8-10H2,1-2H3. The van der Waals surface area contributed by atoms with Gasteiger partial charge in [-0.3, -0.25) is 9.59 Å². The third-order valence-corrected chi connectivity index (χ3v) is 3.62. The maximum absolute atomic E-state index is 12.2. The zero-order valence-electron chi connectivity index (χ0n) is 10.5. The molecule has 0 spiro atoms. The van der Waals surface area contributed by atoms with Crippen molar-refractivity contribution in [1.29, 1.82) is 0 Å². The van der Waals surface area contributed by atoms with Crippen molar-refractivity contribution in [3.63, 3.8) is 0 Å². The monoisotopic (exact) mass is 230 g/mol. The van der Waals surface area contributed by atoms with Gasteiger partial charge in [0.05, 0.1) is 5.41 Å². The molecule has 1 aliphatic rings. The number of ketones is 2. The van der Waals surface area contributed by atoms with Gasteiger partial charge in [0.25, 0.3) is 0 Å². The second-order valence-corrected chi connectivity index (χ2v) is 4.94. The molecule has 0 N–H and O–H groups in total. The van der Waals surface area contributed by atoms with Crippen LogP contribution in [-0.4, -0.2) is 11.6 Å². The van der Waals surface area contributed by atoms with Gasteiger partial charge in [0.15, 0.2) is 5.78 Å². The zero-order chi connectivity index (χ0) is 12.5. The van der Waals surface area contributed by atoms with Crippen LogP contribution in [0, 0.1) is 12.3 Å². The fraction of sp³-hybridized carbons (Fsp3) is 0.467. The largest absolute Gasteiger partial charge is 0.299 e. The molecule has 0 saturated heterocycles. The minimum atomic E-state index is -0.611. The summed E-state index contributed by atoms with van der Waals surface area (Å²) >= 11 is 0. The predicted octanol–water partition coefficient (Wildman–Crippen LogP) is 2.87. The van der Waals surface area contributed by atoms with Crippen molar-refractivity contribution in [3.8, 4) is 0 Å². The van der Waals surface area contributed by atoms with Gasteiger partial charge in [0.2, 0.25) is 0 Å². The van der Waals surface area contributed by atoms with Crippen LogP contribution in [0.25, 0.3) is 0 Å². The zero-order valence-corrected chi connectivity index (χ0v) is 10.5. The second-order valence-electron chi connectivity index (χ2n) is 4.94. The summed E-state index contributed by atoms with van der Waals surface area (Å²) < 4.78 is 0. The smallest absolute Gasteiger partial charge is 0.150 e. The van der Waals surface area contributed by atoms with E-state index in [1.54, 1.807) is 0 Å². The van der Waals surface area contributed by atoms with Gasteiger partial charge in [-0.1, -0.05) is 36.8 Å². The minimum Gasteiger partial charge on any atom is -0.299 e.